The molecule has 7 heteroatoms. The molecule has 1 aromatic carbocycles. The SMILES string of the molecule is CCOC(=O)[C@@]1(C#N)[C@H](S(C)(=O)=O)[C@@H]1c1ccc(Cl)cc1. The zero-order chi connectivity index (χ0) is 15.8. The second-order valence-corrected chi connectivity index (χ2v) is 7.58. The van der Waals surface area contributed by atoms with Gasteiger partial charge in [0.2, 0.25) is 0 Å². The van der Waals surface area contributed by atoms with Gasteiger partial charge in [0, 0.05) is 17.2 Å². The number of hydrogen-bond acceptors (Lipinski definition) is 5. The van der Waals surface area contributed by atoms with Gasteiger partial charge in [-0.1, -0.05) is 23.7 Å². The predicted molar refractivity (Wildman–Crippen MR) is 77.5 cm³/mol. The van der Waals surface area contributed by atoms with E-state index in [0.29, 0.717) is 10.6 Å². The van der Waals surface area contributed by atoms with E-state index in [1.165, 1.54) is 0 Å². The molecule has 5 nitrogen and oxygen atoms in total. The van der Waals surface area contributed by atoms with E-state index in [-0.39, 0.29) is 6.61 Å². The minimum Gasteiger partial charge on any atom is -0.465 e. The van der Waals surface area contributed by atoms with Gasteiger partial charge < -0.3 is 4.74 Å². The first kappa shape index (κ1) is 15.8. The molecule has 0 spiro atoms. The van der Waals surface area contributed by atoms with E-state index in [1.807, 2.05) is 6.07 Å². The zero-order valence-corrected chi connectivity index (χ0v) is 13.1. The molecule has 0 N–H and O–H groups in total. The molecule has 112 valence electrons. The van der Waals surface area contributed by atoms with Crippen LogP contribution in [0.5, 0.6) is 0 Å². The Labute approximate surface area is 128 Å². The molecule has 0 saturated heterocycles. The van der Waals surface area contributed by atoms with Crippen LogP contribution >= 0.6 is 11.6 Å². The molecule has 0 amide bonds. The van der Waals surface area contributed by atoms with Gasteiger partial charge in [-0.25, -0.2) is 8.42 Å². The third-order valence-electron chi connectivity index (χ3n) is 3.62. The fourth-order valence-corrected chi connectivity index (χ4v) is 4.61. The number of nitrogens with zero attached hydrogens (tertiary/aromatic N) is 1. The van der Waals surface area contributed by atoms with Crippen molar-refractivity contribution in [1.82, 2.24) is 0 Å². The topological polar surface area (TPSA) is 84.2 Å². The average Bonchev–Trinajstić information content (AvgIpc) is 3.10. The van der Waals surface area contributed by atoms with Crippen LogP contribution in [0.15, 0.2) is 24.3 Å². The van der Waals surface area contributed by atoms with Crippen LogP contribution < -0.4 is 0 Å². The third-order valence-corrected chi connectivity index (χ3v) is 5.44. The molecule has 1 saturated carbocycles. The molecule has 3 atom stereocenters. The highest BCUT2D eigenvalue weighted by atomic mass is 35.5. The number of sulfone groups is 1. The quantitative estimate of drug-likeness (QED) is 0.789. The average molecular weight is 328 g/mol. The van der Waals surface area contributed by atoms with E-state index in [9.17, 15) is 18.5 Å². The van der Waals surface area contributed by atoms with Crippen molar-refractivity contribution in [2.75, 3.05) is 12.9 Å². The lowest BCUT2D eigenvalue weighted by molar-refractivity contribution is -0.147. The number of ether oxygens (including phenoxy) is 1. The standard InChI is InChI=1S/C14H14ClNO4S/c1-3-20-13(17)14(8-16)11(12(14)21(2,18)19)9-4-6-10(15)7-5-9/h4-7,11-12H,3H2,1-2H3/t11-,12+,14+/m0/s1. The lowest BCUT2D eigenvalue weighted by Crippen LogP contribution is -2.24. The largest absolute Gasteiger partial charge is 0.465 e. The number of nitriles is 1. The van der Waals surface area contributed by atoms with E-state index in [1.54, 1.807) is 31.2 Å². The highest BCUT2D eigenvalue weighted by Gasteiger charge is 2.76. The second-order valence-electron chi connectivity index (χ2n) is 4.98. The van der Waals surface area contributed by atoms with Gasteiger partial charge in [0.05, 0.1) is 12.7 Å². The van der Waals surface area contributed by atoms with Crippen molar-refractivity contribution in [2.24, 2.45) is 5.41 Å². The molecule has 0 aromatic heterocycles. The first-order valence-corrected chi connectivity index (χ1v) is 8.65. The number of benzene rings is 1. The molecule has 0 radical (unpaired) electrons. The van der Waals surface area contributed by atoms with Crippen LogP contribution in [0.2, 0.25) is 5.02 Å². The summed E-state index contributed by atoms with van der Waals surface area (Å²) in [6.07, 6.45) is 1.03. The van der Waals surface area contributed by atoms with Crippen molar-refractivity contribution < 1.29 is 17.9 Å². The molecule has 21 heavy (non-hydrogen) atoms. The van der Waals surface area contributed by atoms with E-state index in [4.69, 9.17) is 16.3 Å². The summed E-state index contributed by atoms with van der Waals surface area (Å²) in [4.78, 5) is 12.1. The maximum Gasteiger partial charge on any atom is 0.328 e. The highest BCUT2D eigenvalue weighted by molar-refractivity contribution is 7.91. The van der Waals surface area contributed by atoms with Gasteiger partial charge in [-0.05, 0) is 24.6 Å². The predicted octanol–water partition coefficient (Wildman–Crippen LogP) is 1.92. The summed E-state index contributed by atoms with van der Waals surface area (Å²) in [5.74, 6) is -1.52. The van der Waals surface area contributed by atoms with Gasteiger partial charge in [-0.3, -0.25) is 4.79 Å². The summed E-state index contributed by atoms with van der Waals surface area (Å²) in [6.45, 7) is 1.70. The smallest absolute Gasteiger partial charge is 0.328 e. The Morgan fingerprint density at radius 1 is 1.43 bits per heavy atom. The molecule has 1 aliphatic rings. The van der Waals surface area contributed by atoms with E-state index < -0.39 is 32.4 Å². The molecule has 1 aromatic rings. The van der Waals surface area contributed by atoms with Crippen molar-refractivity contribution in [1.29, 1.82) is 5.26 Å². The van der Waals surface area contributed by atoms with Crippen molar-refractivity contribution in [3.8, 4) is 6.07 Å². The van der Waals surface area contributed by atoms with E-state index >= 15 is 0 Å². The van der Waals surface area contributed by atoms with Crippen molar-refractivity contribution >= 4 is 27.4 Å². The number of rotatable bonds is 4. The Kier molecular flexibility index (Phi) is 4.00. The Morgan fingerprint density at radius 2 is 2.00 bits per heavy atom. The summed E-state index contributed by atoms with van der Waals surface area (Å²) in [6, 6.07) is 8.33. The number of carbonyl (C=O) groups is 1. The number of halogens is 1. The molecule has 1 fully saturated rings. The molecular weight excluding hydrogens is 314 g/mol. The molecule has 0 heterocycles. The summed E-state index contributed by atoms with van der Waals surface area (Å²) >= 11 is 5.81. The van der Waals surface area contributed by atoms with Crippen LogP contribution in [0, 0.1) is 16.7 Å². The number of carbonyl (C=O) groups excluding carboxylic acids is 1. The Bertz CT molecular complexity index is 707. The number of esters is 1. The van der Waals surface area contributed by atoms with Gasteiger partial charge >= 0.3 is 5.97 Å². The molecule has 0 bridgehead atoms. The second kappa shape index (κ2) is 5.32. The Balaban J connectivity index is 2.50. The zero-order valence-electron chi connectivity index (χ0n) is 11.5. The first-order chi connectivity index (χ1) is 9.79. The molecular formula is C14H14ClNO4S. The number of hydrogen-bond donors (Lipinski definition) is 0. The normalized spacial score (nSPS) is 27.7. The van der Waals surface area contributed by atoms with Gasteiger partial charge in [0.25, 0.3) is 0 Å². The minimum absolute atomic E-state index is 0.0894. The Hall–Kier alpha value is -1.58. The van der Waals surface area contributed by atoms with Crippen molar-refractivity contribution in [3.05, 3.63) is 34.9 Å². The fourth-order valence-electron chi connectivity index (χ4n) is 2.72. The molecule has 0 unspecified atom stereocenters. The lowest BCUT2D eigenvalue weighted by atomic mass is 10.0. The van der Waals surface area contributed by atoms with Crippen LogP contribution in [0.1, 0.15) is 18.4 Å². The first-order valence-electron chi connectivity index (χ1n) is 6.31. The van der Waals surface area contributed by atoms with Crippen LogP contribution in [0.4, 0.5) is 0 Å². The molecule has 0 aliphatic heterocycles. The van der Waals surface area contributed by atoms with Crippen LogP contribution in [0.3, 0.4) is 0 Å². The van der Waals surface area contributed by atoms with Crippen LogP contribution in [-0.4, -0.2) is 32.5 Å². The maximum atomic E-state index is 12.1. The van der Waals surface area contributed by atoms with Gasteiger partial charge in [-0.2, -0.15) is 5.26 Å². The van der Waals surface area contributed by atoms with E-state index in [2.05, 4.69) is 0 Å². The van der Waals surface area contributed by atoms with Gasteiger partial charge in [-0.15, -0.1) is 0 Å². The summed E-state index contributed by atoms with van der Waals surface area (Å²) in [7, 11) is -3.58. The summed E-state index contributed by atoms with van der Waals surface area (Å²) in [5.41, 5.74) is -1.08. The van der Waals surface area contributed by atoms with Crippen molar-refractivity contribution in [2.45, 2.75) is 18.1 Å². The minimum atomic E-state index is -3.58. The molecule has 1 aliphatic carbocycles. The monoisotopic (exact) mass is 327 g/mol. The summed E-state index contributed by atoms with van der Waals surface area (Å²) < 4.78 is 28.8. The van der Waals surface area contributed by atoms with E-state index in [0.717, 1.165) is 6.26 Å². The van der Waals surface area contributed by atoms with Gasteiger partial charge in [0.15, 0.2) is 15.3 Å². The summed E-state index contributed by atoms with van der Waals surface area (Å²) in [5, 5.41) is 8.84. The van der Waals surface area contributed by atoms with Crippen molar-refractivity contribution in [3.63, 3.8) is 0 Å². The Morgan fingerprint density at radius 3 is 2.43 bits per heavy atom. The lowest BCUT2D eigenvalue weighted by Gasteiger charge is -2.08. The molecule has 2 rings (SSSR count). The van der Waals surface area contributed by atoms with Crippen LogP contribution in [0.25, 0.3) is 0 Å². The highest BCUT2D eigenvalue weighted by Crippen LogP contribution is 2.63. The van der Waals surface area contributed by atoms with Crippen LogP contribution in [-0.2, 0) is 19.4 Å². The fraction of sp³-hybridized carbons (Fsp3) is 0.429. The van der Waals surface area contributed by atoms with Gasteiger partial charge in [0.1, 0.15) is 5.25 Å². The third kappa shape index (κ3) is 2.52. The maximum absolute atomic E-state index is 12.1.